The van der Waals surface area contributed by atoms with Gasteiger partial charge in [0.25, 0.3) is 0 Å². The normalized spacial score (nSPS) is 94.9. The fraction of sp³-hybridized carbons (Fsp3) is 1.00. The average Bonchev–Trinajstić information content (AvgIpc) is 2.49. The summed E-state index contributed by atoms with van der Waals surface area (Å²) in [5, 5.41) is 0. The lowest BCUT2D eigenvalue weighted by molar-refractivity contribution is 0.346. The predicted octanol–water partition coefficient (Wildman–Crippen LogP) is 1.52. The Morgan fingerprint density at radius 2 is 2.12 bits per heavy atom. The van der Waals surface area contributed by atoms with Gasteiger partial charge in [-0.25, -0.2) is 0 Å². The quantitative estimate of drug-likeness (QED) is 0.439. The highest BCUT2D eigenvalue weighted by molar-refractivity contribution is 5.52. The molecular formula is C8H10. The van der Waals surface area contributed by atoms with E-state index in [4.69, 9.17) is 0 Å². The van der Waals surface area contributed by atoms with Crippen molar-refractivity contribution in [2.24, 2.45) is 35.0 Å². The van der Waals surface area contributed by atoms with Gasteiger partial charge in [-0.1, -0.05) is 6.92 Å². The van der Waals surface area contributed by atoms with Crippen LogP contribution < -0.4 is 0 Å². The Labute approximate surface area is 49.3 Å². The molecule has 42 valence electrons. The lowest BCUT2D eigenvalue weighted by Crippen LogP contribution is -2.07. The first-order valence-electron chi connectivity index (χ1n) is 3.88. The standard InChI is InChI=1S/C8H10/c1-3-2-4-6-7-5(3)8(4,6)7/h3-7H,2H2,1H3/t3-,4?,5?,6?,7?,8?/m0/s1. The third kappa shape index (κ3) is 0.104. The summed E-state index contributed by atoms with van der Waals surface area (Å²) in [4.78, 5) is 0. The SMILES string of the molecule is C[C@H]1CC2C3C4C1C234. The molecule has 0 aromatic rings. The van der Waals surface area contributed by atoms with Gasteiger partial charge in [-0.3, -0.25) is 0 Å². The summed E-state index contributed by atoms with van der Waals surface area (Å²) in [6.45, 7) is 2.45. The van der Waals surface area contributed by atoms with Crippen LogP contribution in [0.25, 0.3) is 0 Å². The van der Waals surface area contributed by atoms with Crippen molar-refractivity contribution in [1.29, 1.82) is 0 Å². The molecule has 0 heteroatoms. The molecule has 1 spiro atoms. The number of rotatable bonds is 0. The molecule has 0 aliphatic heterocycles. The van der Waals surface area contributed by atoms with Crippen molar-refractivity contribution >= 4 is 0 Å². The molecule has 4 saturated carbocycles. The Hall–Kier alpha value is 0. The van der Waals surface area contributed by atoms with E-state index in [0.717, 1.165) is 11.3 Å². The molecule has 4 aliphatic carbocycles. The second-order valence-corrected chi connectivity index (χ2v) is 4.40. The molecule has 0 aromatic carbocycles. The zero-order valence-corrected chi connectivity index (χ0v) is 5.09. The summed E-state index contributed by atoms with van der Waals surface area (Å²) in [5.41, 5.74) is 1.08. The summed E-state index contributed by atoms with van der Waals surface area (Å²) in [7, 11) is 0. The predicted molar refractivity (Wildman–Crippen MR) is 30.2 cm³/mol. The Balaban J connectivity index is 1.96. The minimum absolute atomic E-state index is 1.08. The average molecular weight is 106 g/mol. The van der Waals surface area contributed by atoms with Crippen molar-refractivity contribution in [2.75, 3.05) is 0 Å². The van der Waals surface area contributed by atoms with E-state index in [1.54, 1.807) is 6.42 Å². The van der Waals surface area contributed by atoms with Crippen LogP contribution in [0, 0.1) is 35.0 Å². The van der Waals surface area contributed by atoms with Gasteiger partial charge in [-0.2, -0.15) is 0 Å². The molecule has 0 nitrogen and oxygen atoms in total. The van der Waals surface area contributed by atoms with Crippen LogP contribution in [0.1, 0.15) is 13.3 Å². The van der Waals surface area contributed by atoms with Gasteiger partial charge in [0.05, 0.1) is 0 Å². The van der Waals surface area contributed by atoms with E-state index >= 15 is 0 Å². The number of fused-ring (bicyclic) bond motifs is 3. The first-order valence-corrected chi connectivity index (χ1v) is 3.88. The highest BCUT2D eigenvalue weighted by Crippen LogP contribution is 3.09. The monoisotopic (exact) mass is 106 g/mol. The van der Waals surface area contributed by atoms with Gasteiger partial charge < -0.3 is 0 Å². The van der Waals surface area contributed by atoms with Gasteiger partial charge >= 0.3 is 0 Å². The van der Waals surface area contributed by atoms with Gasteiger partial charge in [0, 0.05) is 0 Å². The second-order valence-electron chi connectivity index (χ2n) is 4.40. The van der Waals surface area contributed by atoms with Crippen LogP contribution in [0.5, 0.6) is 0 Å². The maximum atomic E-state index is 2.45. The van der Waals surface area contributed by atoms with E-state index in [0.29, 0.717) is 0 Å². The summed E-state index contributed by atoms with van der Waals surface area (Å²) < 4.78 is 0. The van der Waals surface area contributed by atoms with E-state index < -0.39 is 0 Å². The molecular weight excluding hydrogens is 96.1 g/mol. The van der Waals surface area contributed by atoms with Crippen molar-refractivity contribution in [1.82, 2.24) is 0 Å². The van der Waals surface area contributed by atoms with Crippen molar-refractivity contribution < 1.29 is 0 Å². The Bertz CT molecular complexity index is 196. The lowest BCUT2D eigenvalue weighted by atomic mass is 9.91. The minimum atomic E-state index is 1.08. The van der Waals surface area contributed by atoms with E-state index in [-0.39, 0.29) is 0 Å². The largest absolute Gasteiger partial charge is 0.0622 e. The van der Waals surface area contributed by atoms with Crippen molar-refractivity contribution in [3.05, 3.63) is 0 Å². The molecule has 0 radical (unpaired) electrons. The van der Waals surface area contributed by atoms with Crippen LogP contribution in [0.15, 0.2) is 0 Å². The first kappa shape index (κ1) is 3.24. The summed E-state index contributed by atoms with van der Waals surface area (Å²) in [5.74, 6) is 6.28. The zero-order valence-electron chi connectivity index (χ0n) is 5.09. The van der Waals surface area contributed by atoms with Crippen LogP contribution in [-0.2, 0) is 0 Å². The zero-order chi connectivity index (χ0) is 5.09. The van der Waals surface area contributed by atoms with E-state index in [9.17, 15) is 0 Å². The maximum Gasteiger partial charge on any atom is -0.0164 e. The van der Waals surface area contributed by atoms with Crippen LogP contribution in [0.3, 0.4) is 0 Å². The Morgan fingerprint density at radius 3 is 2.38 bits per heavy atom. The molecule has 0 saturated heterocycles. The highest BCUT2D eigenvalue weighted by atomic mass is 15.1. The topological polar surface area (TPSA) is 0 Å². The highest BCUT2D eigenvalue weighted by Gasteiger charge is 3.05. The maximum absolute atomic E-state index is 2.45. The molecule has 0 N–H and O–H groups in total. The molecule has 5 unspecified atom stereocenters. The summed E-state index contributed by atoms with van der Waals surface area (Å²) in [6.07, 6.45) is 1.60. The van der Waals surface area contributed by atoms with Crippen LogP contribution >= 0.6 is 0 Å². The van der Waals surface area contributed by atoms with Gasteiger partial charge in [0.1, 0.15) is 0 Å². The fourth-order valence-electron chi connectivity index (χ4n) is 4.20. The van der Waals surface area contributed by atoms with Gasteiger partial charge in [-0.15, -0.1) is 0 Å². The van der Waals surface area contributed by atoms with E-state index in [1.807, 2.05) is 0 Å². The van der Waals surface area contributed by atoms with Gasteiger partial charge in [-0.05, 0) is 41.4 Å². The lowest BCUT2D eigenvalue weighted by Gasteiger charge is -2.14. The summed E-state index contributed by atoms with van der Waals surface area (Å²) in [6, 6.07) is 0. The van der Waals surface area contributed by atoms with Crippen molar-refractivity contribution in [3.63, 3.8) is 0 Å². The molecule has 0 bridgehead atoms. The van der Waals surface area contributed by atoms with Crippen LogP contribution in [0.4, 0.5) is 0 Å². The smallest absolute Gasteiger partial charge is 0.0164 e. The van der Waals surface area contributed by atoms with Crippen LogP contribution in [0.2, 0.25) is 0 Å². The molecule has 4 fully saturated rings. The number of hydrogen-bond donors (Lipinski definition) is 0. The van der Waals surface area contributed by atoms with E-state index in [2.05, 4.69) is 6.92 Å². The minimum Gasteiger partial charge on any atom is -0.0622 e. The molecule has 0 amide bonds. The molecule has 0 aromatic heterocycles. The molecule has 8 heavy (non-hydrogen) atoms. The first-order chi connectivity index (χ1) is 3.88. The number of hydrogen-bond acceptors (Lipinski definition) is 0. The molecule has 6 atom stereocenters. The van der Waals surface area contributed by atoms with E-state index in [1.165, 1.54) is 23.7 Å². The van der Waals surface area contributed by atoms with Gasteiger partial charge in [0.2, 0.25) is 0 Å². The second kappa shape index (κ2) is 0.521. The van der Waals surface area contributed by atoms with Gasteiger partial charge in [0.15, 0.2) is 0 Å². The Morgan fingerprint density at radius 1 is 1.25 bits per heavy atom. The Kier molecular flexibility index (Phi) is 0.211. The molecule has 0 heterocycles. The van der Waals surface area contributed by atoms with Crippen LogP contribution in [-0.4, -0.2) is 0 Å². The third-order valence-corrected chi connectivity index (χ3v) is 4.49. The van der Waals surface area contributed by atoms with Crippen molar-refractivity contribution in [3.8, 4) is 0 Å². The fourth-order valence-corrected chi connectivity index (χ4v) is 4.20. The third-order valence-electron chi connectivity index (χ3n) is 4.49. The summed E-state index contributed by atoms with van der Waals surface area (Å²) >= 11 is 0. The van der Waals surface area contributed by atoms with Crippen molar-refractivity contribution in [2.45, 2.75) is 13.3 Å². The molecule has 4 aliphatic rings. The molecule has 4 rings (SSSR count).